The van der Waals surface area contributed by atoms with Gasteiger partial charge in [0.05, 0.1) is 6.10 Å². The van der Waals surface area contributed by atoms with Crippen LogP contribution in [0.1, 0.15) is 19.8 Å². The second-order valence-electron chi connectivity index (χ2n) is 2.39. The molecular weight excluding hydrogens is 128 g/mol. The van der Waals surface area contributed by atoms with Crippen molar-refractivity contribution >= 4 is 0 Å². The highest BCUT2D eigenvalue weighted by Crippen LogP contribution is 2.14. The SMILES string of the molecule is CC#CC(O)C1CCCO1. The molecule has 2 heteroatoms. The molecule has 1 aliphatic rings. The molecule has 1 heterocycles. The fourth-order valence-electron chi connectivity index (χ4n) is 1.09. The van der Waals surface area contributed by atoms with Crippen LogP contribution in [0.2, 0.25) is 0 Å². The van der Waals surface area contributed by atoms with Crippen molar-refractivity contribution in [3.63, 3.8) is 0 Å². The molecule has 0 amide bonds. The second-order valence-corrected chi connectivity index (χ2v) is 2.39. The van der Waals surface area contributed by atoms with Crippen molar-refractivity contribution in [2.75, 3.05) is 6.61 Å². The average molecular weight is 140 g/mol. The van der Waals surface area contributed by atoms with Crippen LogP contribution in [-0.4, -0.2) is 23.9 Å². The van der Waals surface area contributed by atoms with Gasteiger partial charge in [0.25, 0.3) is 0 Å². The van der Waals surface area contributed by atoms with Crippen LogP contribution in [0.5, 0.6) is 0 Å². The van der Waals surface area contributed by atoms with Crippen molar-refractivity contribution in [1.82, 2.24) is 0 Å². The van der Waals surface area contributed by atoms with Gasteiger partial charge < -0.3 is 9.84 Å². The smallest absolute Gasteiger partial charge is 0.140 e. The first-order valence-corrected chi connectivity index (χ1v) is 3.56. The Morgan fingerprint density at radius 3 is 3.00 bits per heavy atom. The average Bonchev–Trinajstić information content (AvgIpc) is 2.38. The summed E-state index contributed by atoms with van der Waals surface area (Å²) in [5.74, 6) is 5.33. The van der Waals surface area contributed by atoms with E-state index in [0.717, 1.165) is 19.4 Å². The lowest BCUT2D eigenvalue weighted by Gasteiger charge is -2.10. The van der Waals surface area contributed by atoms with Gasteiger partial charge in [0.1, 0.15) is 6.10 Å². The Morgan fingerprint density at radius 1 is 1.70 bits per heavy atom. The Labute approximate surface area is 61.2 Å². The number of hydrogen-bond acceptors (Lipinski definition) is 2. The van der Waals surface area contributed by atoms with Gasteiger partial charge in [-0.25, -0.2) is 0 Å². The van der Waals surface area contributed by atoms with Crippen LogP contribution in [0.15, 0.2) is 0 Å². The van der Waals surface area contributed by atoms with Gasteiger partial charge in [-0.1, -0.05) is 5.92 Å². The van der Waals surface area contributed by atoms with E-state index in [9.17, 15) is 5.11 Å². The monoisotopic (exact) mass is 140 g/mol. The highest BCUT2D eigenvalue weighted by molar-refractivity contribution is 5.05. The highest BCUT2D eigenvalue weighted by atomic mass is 16.5. The van der Waals surface area contributed by atoms with Gasteiger partial charge in [-0.2, -0.15) is 0 Å². The van der Waals surface area contributed by atoms with Crippen molar-refractivity contribution in [2.45, 2.75) is 32.0 Å². The van der Waals surface area contributed by atoms with Crippen LogP contribution in [0.3, 0.4) is 0 Å². The summed E-state index contributed by atoms with van der Waals surface area (Å²) >= 11 is 0. The first-order valence-electron chi connectivity index (χ1n) is 3.56. The predicted molar refractivity (Wildman–Crippen MR) is 38.4 cm³/mol. The summed E-state index contributed by atoms with van der Waals surface area (Å²) in [6.07, 6.45) is 1.38. The van der Waals surface area contributed by atoms with Crippen LogP contribution in [-0.2, 0) is 4.74 Å². The Balaban J connectivity index is 2.37. The Bertz CT molecular complexity index is 148. The standard InChI is InChI=1S/C8H12O2/c1-2-4-7(9)8-5-3-6-10-8/h7-9H,3,5-6H2,1H3. The molecule has 1 N–H and O–H groups in total. The third-order valence-electron chi connectivity index (χ3n) is 1.61. The molecular formula is C8H12O2. The molecule has 0 spiro atoms. The lowest BCUT2D eigenvalue weighted by Crippen LogP contribution is -2.22. The van der Waals surface area contributed by atoms with Crippen molar-refractivity contribution in [3.05, 3.63) is 0 Å². The minimum absolute atomic E-state index is 0.0348. The lowest BCUT2D eigenvalue weighted by molar-refractivity contribution is 0.0272. The van der Waals surface area contributed by atoms with Gasteiger partial charge in [0.15, 0.2) is 0 Å². The van der Waals surface area contributed by atoms with E-state index >= 15 is 0 Å². The summed E-state index contributed by atoms with van der Waals surface area (Å²) in [6.45, 7) is 2.49. The molecule has 56 valence electrons. The highest BCUT2D eigenvalue weighted by Gasteiger charge is 2.21. The zero-order valence-corrected chi connectivity index (χ0v) is 6.13. The lowest BCUT2D eigenvalue weighted by atomic mass is 10.1. The van der Waals surface area contributed by atoms with Crippen LogP contribution in [0.25, 0.3) is 0 Å². The molecule has 0 aromatic carbocycles. The van der Waals surface area contributed by atoms with E-state index in [1.807, 2.05) is 0 Å². The van der Waals surface area contributed by atoms with Crippen LogP contribution < -0.4 is 0 Å². The molecule has 0 aliphatic carbocycles. The minimum atomic E-state index is -0.576. The molecule has 0 aromatic rings. The fourth-order valence-corrected chi connectivity index (χ4v) is 1.09. The third-order valence-corrected chi connectivity index (χ3v) is 1.61. The van der Waals surface area contributed by atoms with Gasteiger partial charge in [0, 0.05) is 6.61 Å². The van der Waals surface area contributed by atoms with E-state index in [4.69, 9.17) is 4.74 Å². The zero-order valence-electron chi connectivity index (χ0n) is 6.13. The summed E-state index contributed by atoms with van der Waals surface area (Å²) in [7, 11) is 0. The predicted octanol–water partition coefficient (Wildman–Crippen LogP) is 0.550. The summed E-state index contributed by atoms with van der Waals surface area (Å²) in [5, 5.41) is 9.25. The van der Waals surface area contributed by atoms with E-state index in [1.54, 1.807) is 6.92 Å². The first-order chi connectivity index (χ1) is 4.84. The van der Waals surface area contributed by atoms with Gasteiger partial charge in [-0.3, -0.25) is 0 Å². The number of ether oxygens (including phenoxy) is 1. The maximum absolute atomic E-state index is 9.25. The van der Waals surface area contributed by atoms with Crippen molar-refractivity contribution < 1.29 is 9.84 Å². The molecule has 2 nitrogen and oxygen atoms in total. The Morgan fingerprint density at radius 2 is 2.50 bits per heavy atom. The molecule has 0 radical (unpaired) electrons. The van der Waals surface area contributed by atoms with Crippen LogP contribution in [0, 0.1) is 11.8 Å². The number of aliphatic hydroxyl groups excluding tert-OH is 1. The van der Waals surface area contributed by atoms with E-state index < -0.39 is 6.10 Å². The summed E-state index contributed by atoms with van der Waals surface area (Å²) in [6, 6.07) is 0. The maximum Gasteiger partial charge on any atom is 0.140 e. The molecule has 0 aromatic heterocycles. The molecule has 1 fully saturated rings. The van der Waals surface area contributed by atoms with Gasteiger partial charge in [-0.15, -0.1) is 5.92 Å². The van der Waals surface area contributed by atoms with E-state index in [1.165, 1.54) is 0 Å². The number of rotatable bonds is 1. The van der Waals surface area contributed by atoms with Crippen LogP contribution >= 0.6 is 0 Å². The molecule has 10 heavy (non-hydrogen) atoms. The zero-order chi connectivity index (χ0) is 7.40. The van der Waals surface area contributed by atoms with Gasteiger partial charge in [0.2, 0.25) is 0 Å². The number of hydrogen-bond donors (Lipinski definition) is 1. The van der Waals surface area contributed by atoms with Gasteiger partial charge >= 0.3 is 0 Å². The maximum atomic E-state index is 9.25. The van der Waals surface area contributed by atoms with Crippen molar-refractivity contribution in [1.29, 1.82) is 0 Å². The molecule has 1 aliphatic heterocycles. The second kappa shape index (κ2) is 3.60. The van der Waals surface area contributed by atoms with E-state index in [-0.39, 0.29) is 6.10 Å². The largest absolute Gasteiger partial charge is 0.378 e. The Hall–Kier alpha value is -0.520. The molecule has 2 atom stereocenters. The molecule has 2 unspecified atom stereocenters. The van der Waals surface area contributed by atoms with Crippen molar-refractivity contribution in [2.24, 2.45) is 0 Å². The molecule has 1 saturated heterocycles. The number of aliphatic hydroxyl groups is 1. The van der Waals surface area contributed by atoms with E-state index in [2.05, 4.69) is 11.8 Å². The summed E-state index contributed by atoms with van der Waals surface area (Å²) in [4.78, 5) is 0. The fraction of sp³-hybridized carbons (Fsp3) is 0.750. The Kier molecular flexibility index (Phi) is 2.73. The van der Waals surface area contributed by atoms with Crippen LogP contribution in [0.4, 0.5) is 0 Å². The van der Waals surface area contributed by atoms with E-state index in [0.29, 0.717) is 0 Å². The summed E-state index contributed by atoms with van der Waals surface area (Å²) in [5.41, 5.74) is 0. The van der Waals surface area contributed by atoms with Gasteiger partial charge in [-0.05, 0) is 19.8 Å². The third kappa shape index (κ3) is 1.73. The normalized spacial score (nSPS) is 27.2. The first kappa shape index (κ1) is 7.59. The topological polar surface area (TPSA) is 29.5 Å². The quantitative estimate of drug-likeness (QED) is 0.539. The molecule has 0 saturated carbocycles. The summed E-state index contributed by atoms with van der Waals surface area (Å²) < 4.78 is 5.21. The minimum Gasteiger partial charge on any atom is -0.378 e. The van der Waals surface area contributed by atoms with Crippen molar-refractivity contribution in [3.8, 4) is 11.8 Å². The molecule has 1 rings (SSSR count). The molecule has 0 bridgehead atoms.